The summed E-state index contributed by atoms with van der Waals surface area (Å²) in [6.45, 7) is 10.8. The smallest absolute Gasteiger partial charge is 0.330 e. The van der Waals surface area contributed by atoms with Crippen LogP contribution in [0.5, 0.6) is 0 Å². The van der Waals surface area contributed by atoms with Crippen molar-refractivity contribution in [2.75, 3.05) is 39.3 Å². The SMILES string of the molecule is C=CC(=O)OCCN1CCN(C(=O)C=C)CC1. The van der Waals surface area contributed by atoms with Crippen molar-refractivity contribution in [2.24, 2.45) is 0 Å². The fourth-order valence-electron chi connectivity index (χ4n) is 1.66. The average Bonchev–Trinajstić information content (AvgIpc) is 2.38. The lowest BCUT2D eigenvalue weighted by Crippen LogP contribution is -2.49. The molecule has 0 atom stereocenters. The monoisotopic (exact) mass is 238 g/mol. The summed E-state index contributed by atoms with van der Waals surface area (Å²) in [4.78, 5) is 26.1. The lowest BCUT2D eigenvalue weighted by molar-refractivity contribution is -0.138. The Morgan fingerprint density at radius 1 is 1.12 bits per heavy atom. The number of hydrogen-bond acceptors (Lipinski definition) is 4. The fourth-order valence-corrected chi connectivity index (χ4v) is 1.66. The van der Waals surface area contributed by atoms with Gasteiger partial charge in [-0.25, -0.2) is 4.79 Å². The van der Waals surface area contributed by atoms with Crippen LogP contribution in [0.3, 0.4) is 0 Å². The molecule has 0 aromatic rings. The van der Waals surface area contributed by atoms with Crippen LogP contribution < -0.4 is 0 Å². The van der Waals surface area contributed by atoms with Crippen molar-refractivity contribution in [1.82, 2.24) is 9.80 Å². The molecule has 0 aromatic heterocycles. The van der Waals surface area contributed by atoms with Crippen molar-refractivity contribution < 1.29 is 14.3 Å². The first-order valence-electron chi connectivity index (χ1n) is 5.60. The molecular formula is C12H18N2O3. The lowest BCUT2D eigenvalue weighted by atomic mass is 10.3. The number of carbonyl (C=O) groups is 2. The maximum absolute atomic E-state index is 11.3. The molecule has 1 saturated heterocycles. The molecule has 0 bridgehead atoms. The van der Waals surface area contributed by atoms with Gasteiger partial charge in [-0.15, -0.1) is 0 Å². The summed E-state index contributed by atoms with van der Waals surface area (Å²) >= 11 is 0. The Labute approximate surface area is 101 Å². The van der Waals surface area contributed by atoms with E-state index in [1.807, 2.05) is 0 Å². The van der Waals surface area contributed by atoms with E-state index in [1.165, 1.54) is 6.08 Å². The van der Waals surface area contributed by atoms with Crippen molar-refractivity contribution in [1.29, 1.82) is 0 Å². The number of hydrogen-bond donors (Lipinski definition) is 0. The molecule has 0 unspecified atom stereocenters. The van der Waals surface area contributed by atoms with Crippen molar-refractivity contribution in [3.63, 3.8) is 0 Å². The second-order valence-electron chi connectivity index (χ2n) is 3.74. The molecule has 1 heterocycles. The number of nitrogens with zero attached hydrogens (tertiary/aromatic N) is 2. The van der Waals surface area contributed by atoms with Crippen LogP contribution in [0, 0.1) is 0 Å². The topological polar surface area (TPSA) is 49.9 Å². The van der Waals surface area contributed by atoms with E-state index in [0.29, 0.717) is 26.2 Å². The molecule has 5 heteroatoms. The van der Waals surface area contributed by atoms with E-state index in [9.17, 15) is 9.59 Å². The maximum atomic E-state index is 11.3. The van der Waals surface area contributed by atoms with E-state index in [4.69, 9.17) is 4.74 Å². The Hall–Kier alpha value is -1.62. The molecule has 5 nitrogen and oxygen atoms in total. The minimum atomic E-state index is -0.398. The molecule has 0 saturated carbocycles. The van der Waals surface area contributed by atoms with Gasteiger partial charge in [-0.2, -0.15) is 0 Å². The first kappa shape index (κ1) is 13.4. The zero-order valence-electron chi connectivity index (χ0n) is 9.93. The van der Waals surface area contributed by atoms with Crippen LogP contribution >= 0.6 is 0 Å². The molecule has 0 radical (unpaired) electrons. The normalized spacial score (nSPS) is 16.4. The molecule has 1 amide bonds. The van der Waals surface area contributed by atoms with Crippen molar-refractivity contribution >= 4 is 11.9 Å². The third-order valence-corrected chi connectivity index (χ3v) is 2.68. The van der Waals surface area contributed by atoms with Gasteiger partial charge in [-0.05, 0) is 6.08 Å². The summed E-state index contributed by atoms with van der Waals surface area (Å²) in [7, 11) is 0. The van der Waals surface area contributed by atoms with Gasteiger partial charge in [0.15, 0.2) is 0 Å². The molecule has 0 aliphatic carbocycles. The van der Waals surface area contributed by atoms with Gasteiger partial charge in [0.25, 0.3) is 0 Å². The maximum Gasteiger partial charge on any atom is 0.330 e. The van der Waals surface area contributed by atoms with Crippen LogP contribution in [0.25, 0.3) is 0 Å². The van der Waals surface area contributed by atoms with E-state index in [1.54, 1.807) is 4.90 Å². The van der Waals surface area contributed by atoms with Crippen LogP contribution in [-0.4, -0.2) is 61.0 Å². The minimum absolute atomic E-state index is 0.0252. The summed E-state index contributed by atoms with van der Waals surface area (Å²) < 4.78 is 4.89. The van der Waals surface area contributed by atoms with Crippen LogP contribution in [0.4, 0.5) is 0 Å². The molecule has 17 heavy (non-hydrogen) atoms. The molecule has 1 aliphatic rings. The Kier molecular flexibility index (Phi) is 5.42. The lowest BCUT2D eigenvalue weighted by Gasteiger charge is -2.33. The molecular weight excluding hydrogens is 220 g/mol. The largest absolute Gasteiger partial charge is 0.461 e. The Bertz CT molecular complexity index is 304. The van der Waals surface area contributed by atoms with Crippen LogP contribution in [0.15, 0.2) is 25.3 Å². The standard InChI is InChI=1S/C12H18N2O3/c1-3-11(15)14-7-5-13(6-8-14)9-10-17-12(16)4-2/h3-4H,1-2,5-10H2. The van der Waals surface area contributed by atoms with E-state index < -0.39 is 5.97 Å². The molecule has 0 spiro atoms. The Balaban J connectivity index is 2.19. The number of esters is 1. The summed E-state index contributed by atoms with van der Waals surface area (Å²) in [5.74, 6) is -0.423. The Morgan fingerprint density at radius 2 is 1.76 bits per heavy atom. The van der Waals surface area contributed by atoms with E-state index in [0.717, 1.165) is 19.2 Å². The second kappa shape index (κ2) is 6.85. The third kappa shape index (κ3) is 4.40. The van der Waals surface area contributed by atoms with E-state index >= 15 is 0 Å². The summed E-state index contributed by atoms with van der Waals surface area (Å²) in [5.41, 5.74) is 0. The highest BCUT2D eigenvalue weighted by atomic mass is 16.5. The third-order valence-electron chi connectivity index (χ3n) is 2.68. The quantitative estimate of drug-likeness (QED) is 0.501. The van der Waals surface area contributed by atoms with E-state index in [2.05, 4.69) is 18.1 Å². The summed E-state index contributed by atoms with van der Waals surface area (Å²) in [6.07, 6.45) is 2.49. The van der Waals surface area contributed by atoms with Gasteiger partial charge in [-0.3, -0.25) is 9.69 Å². The van der Waals surface area contributed by atoms with Gasteiger partial charge in [0.05, 0.1) is 0 Å². The van der Waals surface area contributed by atoms with Gasteiger partial charge in [-0.1, -0.05) is 13.2 Å². The van der Waals surface area contributed by atoms with Gasteiger partial charge in [0.2, 0.25) is 5.91 Å². The number of piperazine rings is 1. The second-order valence-corrected chi connectivity index (χ2v) is 3.74. The number of carbonyl (C=O) groups excluding carboxylic acids is 2. The first-order valence-corrected chi connectivity index (χ1v) is 5.60. The number of ether oxygens (including phenoxy) is 1. The van der Waals surface area contributed by atoms with Crippen molar-refractivity contribution in [3.05, 3.63) is 25.3 Å². The first-order chi connectivity index (χ1) is 8.17. The number of rotatable bonds is 5. The molecule has 1 rings (SSSR count). The predicted molar refractivity (Wildman–Crippen MR) is 64.4 cm³/mol. The predicted octanol–water partition coefficient (Wildman–Crippen LogP) is 0.0458. The molecule has 1 fully saturated rings. The number of amides is 1. The van der Waals surface area contributed by atoms with Crippen LogP contribution in [0.2, 0.25) is 0 Å². The molecule has 0 N–H and O–H groups in total. The highest BCUT2D eigenvalue weighted by molar-refractivity contribution is 5.87. The van der Waals surface area contributed by atoms with Gasteiger partial charge in [0.1, 0.15) is 6.61 Å². The Morgan fingerprint density at radius 3 is 2.29 bits per heavy atom. The van der Waals surface area contributed by atoms with Crippen molar-refractivity contribution in [2.45, 2.75) is 0 Å². The van der Waals surface area contributed by atoms with E-state index in [-0.39, 0.29) is 5.91 Å². The van der Waals surface area contributed by atoms with Gasteiger partial charge < -0.3 is 9.64 Å². The summed E-state index contributed by atoms with van der Waals surface area (Å²) in [5, 5.41) is 0. The molecule has 0 aromatic carbocycles. The highest BCUT2D eigenvalue weighted by Gasteiger charge is 2.18. The average molecular weight is 238 g/mol. The van der Waals surface area contributed by atoms with Crippen LogP contribution in [0.1, 0.15) is 0 Å². The zero-order chi connectivity index (χ0) is 12.7. The van der Waals surface area contributed by atoms with Crippen molar-refractivity contribution in [3.8, 4) is 0 Å². The molecule has 1 aliphatic heterocycles. The fraction of sp³-hybridized carbons (Fsp3) is 0.500. The van der Waals surface area contributed by atoms with Crippen LogP contribution in [-0.2, 0) is 14.3 Å². The zero-order valence-corrected chi connectivity index (χ0v) is 9.93. The van der Waals surface area contributed by atoms with Gasteiger partial charge >= 0.3 is 5.97 Å². The minimum Gasteiger partial charge on any atom is -0.461 e. The van der Waals surface area contributed by atoms with Gasteiger partial charge in [0, 0.05) is 38.8 Å². The highest BCUT2D eigenvalue weighted by Crippen LogP contribution is 2.02. The molecule has 94 valence electrons. The summed E-state index contributed by atoms with van der Waals surface area (Å²) in [6, 6.07) is 0.